The molecule has 0 bridgehead atoms. The number of halogens is 1. The highest BCUT2D eigenvalue weighted by molar-refractivity contribution is 6.30. The molecule has 132 valence electrons. The fourth-order valence-electron chi connectivity index (χ4n) is 2.06. The molecule has 0 radical (unpaired) electrons. The number of benzene rings is 1. The molecule has 1 aromatic heterocycles. The van der Waals surface area contributed by atoms with Crippen molar-refractivity contribution in [3.05, 3.63) is 52.7 Å². The van der Waals surface area contributed by atoms with Crippen molar-refractivity contribution in [3.63, 3.8) is 0 Å². The monoisotopic (exact) mass is 363 g/mol. The minimum Gasteiger partial charge on any atom is -0.478 e. The number of carboxylic acids is 1. The fourth-order valence-corrected chi connectivity index (χ4v) is 2.19. The quantitative estimate of drug-likeness (QED) is 0.786. The second-order valence-corrected chi connectivity index (χ2v) is 6.19. The van der Waals surface area contributed by atoms with Crippen LogP contribution in [-0.4, -0.2) is 27.6 Å². The summed E-state index contributed by atoms with van der Waals surface area (Å²) in [5.74, 6) is -1.23. The Labute approximate surface area is 150 Å². The van der Waals surface area contributed by atoms with E-state index in [1.807, 2.05) is 0 Å². The second-order valence-electron chi connectivity index (χ2n) is 5.76. The van der Waals surface area contributed by atoms with Crippen molar-refractivity contribution in [3.8, 4) is 11.6 Å². The number of aryl methyl sites for hydroxylation is 1. The Morgan fingerprint density at radius 2 is 1.80 bits per heavy atom. The summed E-state index contributed by atoms with van der Waals surface area (Å²) in [5.41, 5.74) is -0.846. The van der Waals surface area contributed by atoms with Gasteiger partial charge >= 0.3 is 11.9 Å². The third kappa shape index (κ3) is 4.70. The van der Waals surface area contributed by atoms with Gasteiger partial charge in [0.2, 0.25) is 11.5 Å². The van der Waals surface area contributed by atoms with Gasteiger partial charge in [-0.3, -0.25) is 0 Å². The zero-order chi connectivity index (χ0) is 18.6. The summed E-state index contributed by atoms with van der Waals surface area (Å²) in [5, 5.41) is 9.66. The van der Waals surface area contributed by atoms with E-state index in [-0.39, 0.29) is 11.4 Å². The van der Waals surface area contributed by atoms with E-state index in [1.165, 1.54) is 12.1 Å². The molecule has 0 aliphatic heterocycles. The van der Waals surface area contributed by atoms with Gasteiger partial charge in [-0.1, -0.05) is 18.5 Å². The standard InChI is InChI=1S/C18H18ClNO5/c1-4-14-13(16(21)22)9-10-15(20-14)24-17(23)18(2,3)25-12-7-5-11(19)6-8-12/h5-10H,4H2,1-3H3,(H,21,22). The first-order valence-electron chi connectivity index (χ1n) is 7.63. The summed E-state index contributed by atoms with van der Waals surface area (Å²) in [6.45, 7) is 4.90. The highest BCUT2D eigenvalue weighted by atomic mass is 35.5. The van der Waals surface area contributed by atoms with Crippen molar-refractivity contribution in [2.45, 2.75) is 32.8 Å². The van der Waals surface area contributed by atoms with Gasteiger partial charge in [0, 0.05) is 11.1 Å². The van der Waals surface area contributed by atoms with Crippen molar-refractivity contribution in [2.24, 2.45) is 0 Å². The van der Waals surface area contributed by atoms with Gasteiger partial charge in [0.15, 0.2) is 0 Å². The Morgan fingerprint density at radius 3 is 2.36 bits per heavy atom. The maximum Gasteiger partial charge on any atom is 0.356 e. The van der Waals surface area contributed by atoms with Crippen molar-refractivity contribution in [1.82, 2.24) is 4.98 Å². The number of carbonyl (C=O) groups is 2. The molecule has 0 atom stereocenters. The van der Waals surface area contributed by atoms with Crippen LogP contribution in [0.2, 0.25) is 5.02 Å². The maximum atomic E-state index is 12.4. The number of esters is 1. The number of ether oxygens (including phenoxy) is 2. The molecule has 0 fully saturated rings. The molecule has 2 rings (SSSR count). The van der Waals surface area contributed by atoms with Crippen LogP contribution in [0.5, 0.6) is 11.6 Å². The summed E-state index contributed by atoms with van der Waals surface area (Å²) >= 11 is 5.82. The summed E-state index contributed by atoms with van der Waals surface area (Å²) in [4.78, 5) is 27.6. The molecule has 0 unspecified atom stereocenters. The van der Waals surface area contributed by atoms with E-state index in [1.54, 1.807) is 45.0 Å². The molecule has 0 aliphatic rings. The molecule has 1 aromatic carbocycles. The first-order valence-corrected chi connectivity index (χ1v) is 8.01. The lowest BCUT2D eigenvalue weighted by molar-refractivity contribution is -0.149. The van der Waals surface area contributed by atoms with Crippen LogP contribution in [0.4, 0.5) is 0 Å². The van der Waals surface area contributed by atoms with Crippen LogP contribution in [0.25, 0.3) is 0 Å². The molecule has 0 aliphatic carbocycles. The highest BCUT2D eigenvalue weighted by Gasteiger charge is 2.33. The van der Waals surface area contributed by atoms with Gasteiger partial charge in [-0.2, -0.15) is 0 Å². The second kappa shape index (κ2) is 7.53. The lowest BCUT2D eigenvalue weighted by Crippen LogP contribution is -2.41. The number of rotatable bonds is 6. The van der Waals surface area contributed by atoms with Crippen LogP contribution in [0.3, 0.4) is 0 Å². The van der Waals surface area contributed by atoms with Crippen LogP contribution in [0.1, 0.15) is 36.8 Å². The molecule has 6 nitrogen and oxygen atoms in total. The number of pyridine rings is 1. The average molecular weight is 364 g/mol. The van der Waals surface area contributed by atoms with Crippen molar-refractivity contribution in [2.75, 3.05) is 0 Å². The fraction of sp³-hybridized carbons (Fsp3) is 0.278. The Bertz CT molecular complexity index is 787. The Kier molecular flexibility index (Phi) is 5.64. The Morgan fingerprint density at radius 1 is 1.16 bits per heavy atom. The average Bonchev–Trinajstić information content (AvgIpc) is 2.56. The SMILES string of the molecule is CCc1nc(OC(=O)C(C)(C)Oc2ccc(Cl)cc2)ccc1C(=O)O. The Balaban J connectivity index is 2.14. The van der Waals surface area contributed by atoms with E-state index < -0.39 is 17.5 Å². The first-order chi connectivity index (χ1) is 11.7. The third-order valence-electron chi connectivity index (χ3n) is 3.39. The topological polar surface area (TPSA) is 85.7 Å². The number of aromatic carboxylic acids is 1. The number of nitrogens with zero attached hydrogens (tertiary/aromatic N) is 1. The summed E-state index contributed by atoms with van der Waals surface area (Å²) < 4.78 is 10.9. The van der Waals surface area contributed by atoms with Crippen LogP contribution >= 0.6 is 11.6 Å². The Hall–Kier alpha value is -2.60. The lowest BCUT2D eigenvalue weighted by Gasteiger charge is -2.24. The molecule has 1 heterocycles. The van der Waals surface area contributed by atoms with E-state index in [9.17, 15) is 9.59 Å². The molecule has 0 saturated carbocycles. The minimum absolute atomic E-state index is 0.0274. The molecule has 0 saturated heterocycles. The number of hydrogen-bond acceptors (Lipinski definition) is 5. The van der Waals surface area contributed by atoms with Gasteiger partial charge in [-0.05, 0) is 50.6 Å². The lowest BCUT2D eigenvalue weighted by atomic mass is 10.1. The molecular formula is C18H18ClNO5. The zero-order valence-corrected chi connectivity index (χ0v) is 14.8. The van der Waals surface area contributed by atoms with E-state index in [4.69, 9.17) is 26.2 Å². The van der Waals surface area contributed by atoms with E-state index >= 15 is 0 Å². The van der Waals surface area contributed by atoms with E-state index in [2.05, 4.69) is 4.98 Å². The van der Waals surface area contributed by atoms with Crippen molar-refractivity contribution >= 4 is 23.5 Å². The molecule has 25 heavy (non-hydrogen) atoms. The molecule has 2 aromatic rings. The van der Waals surface area contributed by atoms with Gasteiger partial charge in [0.05, 0.1) is 11.3 Å². The zero-order valence-electron chi connectivity index (χ0n) is 14.1. The van der Waals surface area contributed by atoms with Crippen molar-refractivity contribution in [1.29, 1.82) is 0 Å². The van der Waals surface area contributed by atoms with Crippen LogP contribution in [0, 0.1) is 0 Å². The van der Waals surface area contributed by atoms with E-state index in [0.29, 0.717) is 22.9 Å². The molecular weight excluding hydrogens is 346 g/mol. The first kappa shape index (κ1) is 18.7. The molecule has 7 heteroatoms. The molecule has 1 N–H and O–H groups in total. The summed E-state index contributed by atoms with van der Waals surface area (Å²) in [7, 11) is 0. The van der Waals surface area contributed by atoms with E-state index in [0.717, 1.165) is 0 Å². The predicted octanol–water partition coefficient (Wildman–Crippen LogP) is 3.76. The van der Waals surface area contributed by atoms with Crippen LogP contribution < -0.4 is 9.47 Å². The van der Waals surface area contributed by atoms with Crippen LogP contribution in [-0.2, 0) is 11.2 Å². The number of hydrogen-bond donors (Lipinski definition) is 1. The summed E-state index contributed by atoms with van der Waals surface area (Å²) in [6, 6.07) is 9.30. The number of aromatic nitrogens is 1. The molecule has 0 spiro atoms. The van der Waals surface area contributed by atoms with Gasteiger partial charge in [0.25, 0.3) is 0 Å². The largest absolute Gasteiger partial charge is 0.478 e. The van der Waals surface area contributed by atoms with Crippen molar-refractivity contribution < 1.29 is 24.2 Å². The maximum absolute atomic E-state index is 12.4. The number of carboxylic acid groups (broad SMARTS) is 1. The normalized spacial score (nSPS) is 11.0. The highest BCUT2D eigenvalue weighted by Crippen LogP contribution is 2.23. The predicted molar refractivity (Wildman–Crippen MR) is 92.4 cm³/mol. The minimum atomic E-state index is -1.27. The van der Waals surface area contributed by atoms with Gasteiger partial charge in [0.1, 0.15) is 5.75 Å². The number of carbonyl (C=O) groups excluding carboxylic acids is 1. The smallest absolute Gasteiger partial charge is 0.356 e. The third-order valence-corrected chi connectivity index (χ3v) is 3.64. The van der Waals surface area contributed by atoms with Crippen LogP contribution in [0.15, 0.2) is 36.4 Å². The summed E-state index contributed by atoms with van der Waals surface area (Å²) in [6.07, 6.45) is 0.400. The van der Waals surface area contributed by atoms with Gasteiger partial charge in [-0.15, -0.1) is 0 Å². The van der Waals surface area contributed by atoms with Gasteiger partial charge in [-0.25, -0.2) is 14.6 Å². The molecule has 0 amide bonds. The van der Waals surface area contributed by atoms with Gasteiger partial charge < -0.3 is 14.6 Å².